The minimum atomic E-state index is -0.143. The molecular weight excluding hydrogens is 358 g/mol. The minimum absolute atomic E-state index is 0.121. The summed E-state index contributed by atoms with van der Waals surface area (Å²) in [7, 11) is 1.94. The van der Waals surface area contributed by atoms with Gasteiger partial charge in [-0.2, -0.15) is 0 Å². The molecule has 1 aromatic carbocycles. The first-order chi connectivity index (χ1) is 13.0. The largest absolute Gasteiger partial charge is 0.324 e. The normalized spacial score (nSPS) is 12.7. The number of hydrogen-bond donors (Lipinski definition) is 3. The maximum atomic E-state index is 12.9. The molecule has 0 aliphatic carbocycles. The van der Waals surface area contributed by atoms with Gasteiger partial charge in [0.05, 0.1) is 11.1 Å². The van der Waals surface area contributed by atoms with E-state index in [1.54, 1.807) is 0 Å². The Morgan fingerprint density at radius 1 is 1.07 bits per heavy atom. The quantitative estimate of drug-likeness (QED) is 0.506. The average Bonchev–Trinajstić information content (AvgIpc) is 3.14. The van der Waals surface area contributed by atoms with E-state index >= 15 is 0 Å². The fourth-order valence-corrected chi connectivity index (χ4v) is 4.47. The van der Waals surface area contributed by atoms with E-state index in [1.165, 1.54) is 16.9 Å². The van der Waals surface area contributed by atoms with E-state index in [1.807, 2.05) is 37.6 Å². The van der Waals surface area contributed by atoms with E-state index in [0.717, 1.165) is 22.9 Å². The number of H-pyrrole nitrogens is 2. The van der Waals surface area contributed by atoms with Crippen molar-refractivity contribution in [3.8, 4) is 11.1 Å². The van der Waals surface area contributed by atoms with Gasteiger partial charge in [0.15, 0.2) is 0 Å². The van der Waals surface area contributed by atoms with E-state index in [0.29, 0.717) is 27.4 Å². The van der Waals surface area contributed by atoms with Crippen LogP contribution in [0.4, 0.5) is 0 Å². The van der Waals surface area contributed by atoms with Crippen LogP contribution in [0.1, 0.15) is 24.1 Å². The van der Waals surface area contributed by atoms with Gasteiger partial charge in [-0.15, -0.1) is 11.3 Å². The predicted octanol–water partition coefficient (Wildman–Crippen LogP) is 3.73. The second-order valence-electron chi connectivity index (χ2n) is 6.90. The zero-order valence-corrected chi connectivity index (χ0v) is 16.3. The molecule has 0 unspecified atom stereocenters. The van der Waals surface area contributed by atoms with Crippen LogP contribution in [0.2, 0.25) is 0 Å². The van der Waals surface area contributed by atoms with E-state index in [2.05, 4.69) is 34.3 Å². The molecule has 0 spiro atoms. The summed E-state index contributed by atoms with van der Waals surface area (Å²) in [6.45, 7) is 4.87. The number of nitrogens with one attached hydrogen (secondary N) is 3. The van der Waals surface area contributed by atoms with Gasteiger partial charge in [0.2, 0.25) is 0 Å². The number of aryl methyl sites for hydroxylation is 1. The number of aromatic nitrogens is 2. The SMILES string of the molecule is CNC[C@H](C)c1ccc(-c2c(=O)[nH]c(C)c3[nH]c(=O)c4sccc4c23)cc1. The standard InChI is InChI=1S/C21H21N3O2S/c1-11(10-22-3)13-4-6-14(7-5-13)16-17-15-8-9-27-19(15)21(26)24-18(17)12(2)23-20(16)25/h4-9,11,22H,10H2,1-3H3,(H,23,25)(H,24,26)/t11-/m0/s1. The summed E-state index contributed by atoms with van der Waals surface area (Å²) in [5.41, 5.74) is 3.76. The predicted molar refractivity (Wildman–Crippen MR) is 113 cm³/mol. The first-order valence-electron chi connectivity index (χ1n) is 8.92. The van der Waals surface area contributed by atoms with Crippen molar-refractivity contribution in [2.75, 3.05) is 13.6 Å². The summed E-state index contributed by atoms with van der Waals surface area (Å²) in [4.78, 5) is 31.1. The molecule has 3 heterocycles. The summed E-state index contributed by atoms with van der Waals surface area (Å²) in [6, 6.07) is 10.0. The molecule has 0 aliphatic heterocycles. The second-order valence-corrected chi connectivity index (χ2v) is 7.82. The highest BCUT2D eigenvalue weighted by atomic mass is 32.1. The van der Waals surface area contributed by atoms with Crippen LogP contribution in [0.5, 0.6) is 0 Å². The van der Waals surface area contributed by atoms with Crippen LogP contribution in [0.3, 0.4) is 0 Å². The van der Waals surface area contributed by atoms with Gasteiger partial charge < -0.3 is 15.3 Å². The number of likely N-dealkylation sites (N-methyl/N-ethyl adjacent to an activating group) is 1. The summed E-state index contributed by atoms with van der Waals surface area (Å²) in [5, 5.41) is 6.72. The number of thiophene rings is 1. The number of fused-ring (bicyclic) bond motifs is 3. The number of hydrogen-bond acceptors (Lipinski definition) is 4. The summed E-state index contributed by atoms with van der Waals surface area (Å²) in [5.74, 6) is 0.386. The van der Waals surface area contributed by atoms with E-state index in [-0.39, 0.29) is 11.1 Å². The van der Waals surface area contributed by atoms with Crippen LogP contribution >= 0.6 is 11.3 Å². The molecular formula is C21H21N3O2S. The van der Waals surface area contributed by atoms with Gasteiger partial charge in [0, 0.05) is 23.0 Å². The topological polar surface area (TPSA) is 77.8 Å². The van der Waals surface area contributed by atoms with Crippen LogP contribution in [-0.2, 0) is 0 Å². The summed E-state index contributed by atoms with van der Waals surface area (Å²) in [6.07, 6.45) is 0. The molecule has 5 nitrogen and oxygen atoms in total. The van der Waals surface area contributed by atoms with Crippen molar-refractivity contribution >= 4 is 32.3 Å². The van der Waals surface area contributed by atoms with Gasteiger partial charge in [-0.25, -0.2) is 0 Å². The maximum absolute atomic E-state index is 12.9. The molecule has 3 N–H and O–H groups in total. The molecule has 4 rings (SSSR count). The molecule has 6 heteroatoms. The Morgan fingerprint density at radius 3 is 2.52 bits per heavy atom. The Morgan fingerprint density at radius 2 is 1.81 bits per heavy atom. The number of benzene rings is 1. The molecule has 3 aromatic heterocycles. The van der Waals surface area contributed by atoms with Crippen molar-refractivity contribution in [2.24, 2.45) is 0 Å². The second kappa shape index (κ2) is 6.79. The Bertz CT molecular complexity index is 1250. The van der Waals surface area contributed by atoms with Gasteiger partial charge in [0.1, 0.15) is 4.70 Å². The summed E-state index contributed by atoms with van der Waals surface area (Å²) < 4.78 is 0.646. The van der Waals surface area contributed by atoms with E-state index in [4.69, 9.17) is 0 Å². The highest BCUT2D eigenvalue weighted by molar-refractivity contribution is 7.17. The number of pyridine rings is 2. The first kappa shape index (κ1) is 17.7. The number of rotatable bonds is 4. The third kappa shape index (κ3) is 2.91. The van der Waals surface area contributed by atoms with Crippen molar-refractivity contribution in [3.63, 3.8) is 0 Å². The fraction of sp³-hybridized carbons (Fsp3) is 0.238. The summed E-state index contributed by atoms with van der Waals surface area (Å²) >= 11 is 1.39. The van der Waals surface area contributed by atoms with Gasteiger partial charge >= 0.3 is 0 Å². The fourth-order valence-electron chi connectivity index (χ4n) is 3.68. The molecule has 4 aromatic rings. The minimum Gasteiger partial charge on any atom is -0.324 e. The lowest BCUT2D eigenvalue weighted by atomic mass is 9.95. The molecule has 0 amide bonds. The average molecular weight is 379 g/mol. The van der Waals surface area contributed by atoms with Gasteiger partial charge in [-0.05, 0) is 42.5 Å². The lowest BCUT2D eigenvalue weighted by Gasteiger charge is -2.13. The van der Waals surface area contributed by atoms with E-state index in [9.17, 15) is 9.59 Å². The Hall–Kier alpha value is -2.70. The van der Waals surface area contributed by atoms with Crippen LogP contribution in [0.15, 0.2) is 45.3 Å². The van der Waals surface area contributed by atoms with Crippen molar-refractivity contribution < 1.29 is 0 Å². The Balaban J connectivity index is 2.01. The maximum Gasteiger partial charge on any atom is 0.266 e. The van der Waals surface area contributed by atoms with Crippen LogP contribution in [-0.4, -0.2) is 23.6 Å². The van der Waals surface area contributed by atoms with Crippen LogP contribution in [0, 0.1) is 6.92 Å². The molecule has 1 atom stereocenters. The Labute approximate surface area is 160 Å². The Kier molecular flexibility index (Phi) is 4.45. The van der Waals surface area contributed by atoms with Crippen LogP contribution < -0.4 is 16.4 Å². The van der Waals surface area contributed by atoms with Crippen molar-refractivity contribution in [3.05, 3.63) is 67.7 Å². The monoisotopic (exact) mass is 379 g/mol. The molecule has 0 fully saturated rings. The molecule has 27 heavy (non-hydrogen) atoms. The van der Waals surface area contributed by atoms with Crippen molar-refractivity contribution in [2.45, 2.75) is 19.8 Å². The van der Waals surface area contributed by atoms with Gasteiger partial charge in [-0.3, -0.25) is 9.59 Å². The van der Waals surface area contributed by atoms with Crippen LogP contribution in [0.25, 0.3) is 32.1 Å². The first-order valence-corrected chi connectivity index (χ1v) is 9.80. The smallest absolute Gasteiger partial charge is 0.266 e. The zero-order valence-electron chi connectivity index (χ0n) is 15.5. The molecule has 0 saturated carbocycles. The van der Waals surface area contributed by atoms with E-state index < -0.39 is 0 Å². The third-order valence-corrected chi connectivity index (χ3v) is 5.97. The molecule has 0 aliphatic rings. The highest BCUT2D eigenvalue weighted by Crippen LogP contribution is 2.33. The lowest BCUT2D eigenvalue weighted by Crippen LogP contribution is -2.16. The molecule has 0 bridgehead atoms. The lowest BCUT2D eigenvalue weighted by molar-refractivity contribution is 0.678. The van der Waals surface area contributed by atoms with Crippen molar-refractivity contribution in [1.82, 2.24) is 15.3 Å². The molecule has 0 saturated heterocycles. The van der Waals surface area contributed by atoms with Crippen molar-refractivity contribution in [1.29, 1.82) is 0 Å². The molecule has 138 valence electrons. The zero-order chi connectivity index (χ0) is 19.1. The van der Waals surface area contributed by atoms with Gasteiger partial charge in [0.25, 0.3) is 11.1 Å². The van der Waals surface area contributed by atoms with Gasteiger partial charge in [-0.1, -0.05) is 31.2 Å². The third-order valence-electron chi connectivity index (χ3n) is 5.06. The number of aromatic amines is 2. The molecule has 0 radical (unpaired) electrons. The highest BCUT2D eigenvalue weighted by Gasteiger charge is 2.17.